The van der Waals surface area contributed by atoms with Crippen LogP contribution >= 0.6 is 0 Å². The van der Waals surface area contributed by atoms with Crippen LogP contribution in [0.25, 0.3) is 11.0 Å². The zero-order valence-electron chi connectivity index (χ0n) is 17.1. The van der Waals surface area contributed by atoms with E-state index in [0.29, 0.717) is 53.7 Å². The number of ether oxygens (including phenoxy) is 2. The maximum atomic E-state index is 12.8. The molecule has 10 heteroatoms. The number of hydrogen-bond acceptors (Lipinski definition) is 6. The van der Waals surface area contributed by atoms with Crippen LogP contribution in [-0.4, -0.2) is 50.5 Å². The molecule has 0 aliphatic carbocycles. The highest BCUT2D eigenvalue weighted by molar-refractivity contribution is 6.04. The molecule has 1 fully saturated rings. The van der Waals surface area contributed by atoms with Crippen LogP contribution in [0.1, 0.15) is 39.9 Å². The van der Waals surface area contributed by atoms with E-state index in [9.17, 15) is 9.59 Å². The lowest BCUT2D eigenvalue weighted by Crippen LogP contribution is -2.38. The number of nitrogens with zero attached hydrogens (tertiary/aromatic N) is 4. The number of carbonyl (C=O) groups excluding carboxylic acids is 2. The molecule has 0 unspecified atom stereocenters. The van der Waals surface area contributed by atoms with Crippen molar-refractivity contribution >= 4 is 28.8 Å². The van der Waals surface area contributed by atoms with Gasteiger partial charge in [0.15, 0.2) is 0 Å². The van der Waals surface area contributed by atoms with Crippen molar-refractivity contribution in [3.05, 3.63) is 35.2 Å². The summed E-state index contributed by atoms with van der Waals surface area (Å²) in [7, 11) is 1.71. The van der Waals surface area contributed by atoms with Gasteiger partial charge in [0.05, 0.1) is 24.4 Å². The number of anilines is 1. The Labute approximate surface area is 172 Å². The van der Waals surface area contributed by atoms with Crippen LogP contribution < -0.4 is 15.8 Å². The Balaban J connectivity index is 1.79. The number of aryl methyl sites for hydroxylation is 3. The van der Waals surface area contributed by atoms with Crippen LogP contribution in [0.2, 0.25) is 0 Å². The average Bonchev–Trinajstić information content (AvgIpc) is 3.17. The van der Waals surface area contributed by atoms with Crippen molar-refractivity contribution in [3.8, 4) is 5.75 Å². The van der Waals surface area contributed by atoms with Crippen molar-refractivity contribution in [1.29, 1.82) is 0 Å². The molecule has 4 rings (SSSR count). The Morgan fingerprint density at radius 2 is 2.10 bits per heavy atom. The molecule has 0 radical (unpaired) electrons. The van der Waals surface area contributed by atoms with Gasteiger partial charge in [0.1, 0.15) is 23.1 Å². The standard InChI is InChI=1S/C20H24N6O4/c1-4-5-26-17-14(7-12(18(21)27)8-16(17)30-13-9-29-10-13)22-20(26)23-19(28)15-6-11(2)24-25(15)3/h6-8,13H,4-5,9-10H2,1-3H3,(H2,21,27)(H,22,23,28). The molecule has 1 aromatic carbocycles. The monoisotopic (exact) mass is 412 g/mol. The summed E-state index contributed by atoms with van der Waals surface area (Å²) in [4.78, 5) is 29.2. The van der Waals surface area contributed by atoms with E-state index < -0.39 is 5.91 Å². The number of nitrogens with two attached hydrogens (primary N) is 1. The minimum absolute atomic E-state index is 0.100. The molecule has 0 bridgehead atoms. The van der Waals surface area contributed by atoms with Crippen LogP contribution in [0.3, 0.4) is 0 Å². The number of fused-ring (bicyclic) bond motifs is 1. The third-order valence-corrected chi connectivity index (χ3v) is 4.90. The molecule has 0 spiro atoms. The lowest BCUT2D eigenvalue weighted by atomic mass is 10.1. The first-order chi connectivity index (χ1) is 14.4. The van der Waals surface area contributed by atoms with Gasteiger partial charge in [-0.3, -0.25) is 19.6 Å². The van der Waals surface area contributed by atoms with E-state index in [1.165, 1.54) is 4.68 Å². The molecule has 1 aliphatic heterocycles. The molecule has 10 nitrogen and oxygen atoms in total. The van der Waals surface area contributed by atoms with E-state index in [2.05, 4.69) is 15.4 Å². The minimum atomic E-state index is -0.576. The lowest BCUT2D eigenvalue weighted by Gasteiger charge is -2.27. The number of hydrogen-bond donors (Lipinski definition) is 2. The molecular formula is C20H24N6O4. The van der Waals surface area contributed by atoms with Crippen LogP contribution in [0, 0.1) is 6.92 Å². The highest BCUT2D eigenvalue weighted by atomic mass is 16.6. The Morgan fingerprint density at radius 3 is 2.67 bits per heavy atom. The smallest absolute Gasteiger partial charge is 0.276 e. The van der Waals surface area contributed by atoms with Crippen molar-refractivity contribution in [1.82, 2.24) is 19.3 Å². The van der Waals surface area contributed by atoms with Crippen molar-refractivity contribution in [2.24, 2.45) is 12.8 Å². The maximum absolute atomic E-state index is 12.8. The summed E-state index contributed by atoms with van der Waals surface area (Å²) in [5, 5.41) is 7.08. The van der Waals surface area contributed by atoms with Crippen LogP contribution in [0.4, 0.5) is 5.95 Å². The zero-order chi connectivity index (χ0) is 21.4. The molecule has 30 heavy (non-hydrogen) atoms. The summed E-state index contributed by atoms with van der Waals surface area (Å²) in [6, 6.07) is 4.93. The van der Waals surface area contributed by atoms with Gasteiger partial charge in [-0.15, -0.1) is 0 Å². The SMILES string of the molecule is CCCn1c(NC(=O)c2cc(C)nn2C)nc2cc(C(N)=O)cc(OC3COC3)c21. The molecule has 1 saturated heterocycles. The van der Waals surface area contributed by atoms with Crippen LogP contribution in [0.5, 0.6) is 5.75 Å². The Kier molecular flexibility index (Phi) is 5.17. The van der Waals surface area contributed by atoms with Gasteiger partial charge in [-0.25, -0.2) is 4.98 Å². The first-order valence-corrected chi connectivity index (χ1v) is 9.77. The number of amides is 2. The zero-order valence-corrected chi connectivity index (χ0v) is 17.1. The van der Waals surface area contributed by atoms with E-state index >= 15 is 0 Å². The number of imidazole rings is 1. The molecular weight excluding hydrogens is 388 g/mol. The minimum Gasteiger partial charge on any atom is -0.483 e. The Morgan fingerprint density at radius 1 is 1.33 bits per heavy atom. The number of carbonyl (C=O) groups is 2. The summed E-state index contributed by atoms with van der Waals surface area (Å²) in [6.07, 6.45) is 0.708. The number of primary amides is 1. The van der Waals surface area contributed by atoms with Gasteiger partial charge in [-0.05, 0) is 31.5 Å². The second kappa shape index (κ2) is 7.79. The Bertz CT molecular complexity index is 1130. The quantitative estimate of drug-likeness (QED) is 0.607. The van der Waals surface area contributed by atoms with Crippen molar-refractivity contribution in [3.63, 3.8) is 0 Å². The van der Waals surface area contributed by atoms with Crippen molar-refractivity contribution in [2.75, 3.05) is 18.5 Å². The van der Waals surface area contributed by atoms with E-state index in [1.807, 2.05) is 18.4 Å². The number of aromatic nitrogens is 4. The third-order valence-electron chi connectivity index (χ3n) is 4.90. The second-order valence-electron chi connectivity index (χ2n) is 7.32. The molecule has 3 N–H and O–H groups in total. The number of benzene rings is 1. The predicted octanol–water partition coefficient (Wildman–Crippen LogP) is 1.62. The highest BCUT2D eigenvalue weighted by Gasteiger charge is 2.25. The fourth-order valence-corrected chi connectivity index (χ4v) is 3.45. The van der Waals surface area contributed by atoms with Crippen molar-refractivity contribution in [2.45, 2.75) is 32.9 Å². The van der Waals surface area contributed by atoms with Gasteiger partial charge in [0, 0.05) is 19.2 Å². The summed E-state index contributed by atoms with van der Waals surface area (Å²) in [5.41, 5.74) is 8.17. The number of rotatable bonds is 7. The van der Waals surface area contributed by atoms with E-state index in [-0.39, 0.29) is 12.0 Å². The van der Waals surface area contributed by atoms with Gasteiger partial charge >= 0.3 is 0 Å². The normalized spacial score (nSPS) is 14.0. The van der Waals surface area contributed by atoms with Crippen molar-refractivity contribution < 1.29 is 19.1 Å². The average molecular weight is 412 g/mol. The first kappa shape index (κ1) is 19.9. The topological polar surface area (TPSA) is 126 Å². The lowest BCUT2D eigenvalue weighted by molar-refractivity contribution is -0.0792. The second-order valence-corrected chi connectivity index (χ2v) is 7.32. The summed E-state index contributed by atoms with van der Waals surface area (Å²) in [5.74, 6) is -0.0391. The summed E-state index contributed by atoms with van der Waals surface area (Å²) < 4.78 is 14.6. The summed E-state index contributed by atoms with van der Waals surface area (Å²) in [6.45, 7) is 5.41. The van der Waals surface area contributed by atoms with Gasteiger partial charge in [-0.1, -0.05) is 6.92 Å². The summed E-state index contributed by atoms with van der Waals surface area (Å²) >= 11 is 0. The predicted molar refractivity (Wildman–Crippen MR) is 110 cm³/mol. The molecule has 2 aromatic heterocycles. The van der Waals surface area contributed by atoms with E-state index in [0.717, 1.165) is 12.1 Å². The van der Waals surface area contributed by atoms with E-state index in [1.54, 1.807) is 25.2 Å². The molecule has 1 aliphatic rings. The molecule has 3 heterocycles. The molecule has 0 atom stereocenters. The van der Waals surface area contributed by atoms with Gasteiger partial charge in [-0.2, -0.15) is 5.10 Å². The maximum Gasteiger partial charge on any atom is 0.276 e. The van der Waals surface area contributed by atoms with E-state index in [4.69, 9.17) is 15.2 Å². The van der Waals surface area contributed by atoms with Gasteiger partial charge in [0.2, 0.25) is 11.9 Å². The fraction of sp³-hybridized carbons (Fsp3) is 0.400. The fourth-order valence-electron chi connectivity index (χ4n) is 3.45. The molecule has 158 valence electrons. The molecule has 3 aromatic rings. The van der Waals surface area contributed by atoms with Crippen LogP contribution in [0.15, 0.2) is 18.2 Å². The first-order valence-electron chi connectivity index (χ1n) is 9.77. The third kappa shape index (κ3) is 3.61. The Hall–Kier alpha value is -3.40. The van der Waals surface area contributed by atoms with Crippen LogP contribution in [-0.2, 0) is 18.3 Å². The number of nitrogens with one attached hydrogen (secondary N) is 1. The van der Waals surface area contributed by atoms with Gasteiger partial charge in [0.25, 0.3) is 5.91 Å². The largest absolute Gasteiger partial charge is 0.483 e. The highest BCUT2D eigenvalue weighted by Crippen LogP contribution is 2.32. The van der Waals surface area contributed by atoms with Gasteiger partial charge < -0.3 is 19.8 Å². The molecule has 0 saturated carbocycles. The molecule has 2 amide bonds.